The number of sulfone groups is 1. The minimum absolute atomic E-state index is 0.293. The molecule has 5 heteroatoms. The standard InChI is InChI=1S/C13H20N2O2S/c1-18(16,17)10-11-6-8-15(9-7-11)13-5-3-2-4-12(13)14/h2-5,11H,6-10,14H2,1H3. The molecule has 0 saturated carbocycles. The Morgan fingerprint density at radius 1 is 1.28 bits per heavy atom. The monoisotopic (exact) mass is 268 g/mol. The molecule has 1 aromatic rings. The van der Waals surface area contributed by atoms with E-state index in [9.17, 15) is 8.42 Å². The van der Waals surface area contributed by atoms with Crippen LogP contribution in [0.5, 0.6) is 0 Å². The Bertz CT molecular complexity index is 505. The van der Waals surface area contributed by atoms with Gasteiger partial charge < -0.3 is 10.6 Å². The van der Waals surface area contributed by atoms with Crippen molar-refractivity contribution in [2.45, 2.75) is 12.8 Å². The molecular formula is C13H20N2O2S. The van der Waals surface area contributed by atoms with Gasteiger partial charge in [0.05, 0.1) is 17.1 Å². The first-order valence-corrected chi connectivity index (χ1v) is 8.29. The fourth-order valence-electron chi connectivity index (χ4n) is 2.54. The van der Waals surface area contributed by atoms with Crippen LogP contribution in [-0.2, 0) is 9.84 Å². The van der Waals surface area contributed by atoms with Crippen LogP contribution in [0.1, 0.15) is 12.8 Å². The largest absolute Gasteiger partial charge is 0.397 e. The number of anilines is 2. The van der Waals surface area contributed by atoms with Crippen LogP contribution in [0.2, 0.25) is 0 Å². The van der Waals surface area contributed by atoms with Gasteiger partial charge in [0.2, 0.25) is 0 Å². The normalized spacial score (nSPS) is 17.9. The van der Waals surface area contributed by atoms with Crippen LogP contribution in [0.25, 0.3) is 0 Å². The minimum Gasteiger partial charge on any atom is -0.397 e. The molecule has 0 unspecified atom stereocenters. The number of benzene rings is 1. The quantitative estimate of drug-likeness (QED) is 0.844. The van der Waals surface area contributed by atoms with Crippen molar-refractivity contribution in [3.8, 4) is 0 Å². The topological polar surface area (TPSA) is 63.4 Å². The second kappa shape index (κ2) is 5.18. The molecule has 0 spiro atoms. The molecule has 0 aliphatic carbocycles. The fraction of sp³-hybridized carbons (Fsp3) is 0.538. The van der Waals surface area contributed by atoms with E-state index in [1.165, 1.54) is 6.26 Å². The highest BCUT2D eigenvalue weighted by Gasteiger charge is 2.23. The predicted molar refractivity (Wildman–Crippen MR) is 75.5 cm³/mol. The Morgan fingerprint density at radius 3 is 2.44 bits per heavy atom. The van der Waals surface area contributed by atoms with E-state index in [4.69, 9.17) is 5.73 Å². The number of hydrogen-bond acceptors (Lipinski definition) is 4. The number of para-hydroxylation sites is 2. The molecule has 4 nitrogen and oxygen atoms in total. The summed E-state index contributed by atoms with van der Waals surface area (Å²) in [4.78, 5) is 2.24. The van der Waals surface area contributed by atoms with Crippen LogP contribution in [0.15, 0.2) is 24.3 Å². The summed E-state index contributed by atoms with van der Waals surface area (Å²) in [6.45, 7) is 1.77. The van der Waals surface area contributed by atoms with Crippen molar-refractivity contribution in [3.63, 3.8) is 0 Å². The van der Waals surface area contributed by atoms with Gasteiger partial charge in [0, 0.05) is 19.3 Å². The van der Waals surface area contributed by atoms with Crippen LogP contribution in [0.3, 0.4) is 0 Å². The van der Waals surface area contributed by atoms with Crippen molar-refractivity contribution in [1.29, 1.82) is 0 Å². The van der Waals surface area contributed by atoms with E-state index in [0.29, 0.717) is 11.7 Å². The predicted octanol–water partition coefficient (Wildman–Crippen LogP) is 1.53. The Balaban J connectivity index is 1.97. The van der Waals surface area contributed by atoms with Gasteiger partial charge in [0.25, 0.3) is 0 Å². The number of piperidine rings is 1. The molecular weight excluding hydrogens is 248 g/mol. The van der Waals surface area contributed by atoms with Gasteiger partial charge in [-0.3, -0.25) is 0 Å². The summed E-state index contributed by atoms with van der Waals surface area (Å²) in [6, 6.07) is 7.83. The maximum absolute atomic E-state index is 11.3. The third-order valence-corrected chi connectivity index (χ3v) is 4.51. The van der Waals surface area contributed by atoms with E-state index in [1.54, 1.807) is 0 Å². The van der Waals surface area contributed by atoms with E-state index >= 15 is 0 Å². The maximum atomic E-state index is 11.3. The van der Waals surface area contributed by atoms with Crippen LogP contribution in [-0.4, -0.2) is 33.5 Å². The van der Waals surface area contributed by atoms with E-state index in [1.807, 2.05) is 24.3 Å². The molecule has 0 atom stereocenters. The summed E-state index contributed by atoms with van der Waals surface area (Å²) in [5.74, 6) is 0.603. The molecule has 1 aliphatic rings. The lowest BCUT2D eigenvalue weighted by atomic mass is 9.98. The van der Waals surface area contributed by atoms with Gasteiger partial charge in [0.15, 0.2) is 0 Å². The number of nitrogens with zero attached hydrogens (tertiary/aromatic N) is 1. The van der Waals surface area contributed by atoms with Gasteiger partial charge in [-0.05, 0) is 30.9 Å². The van der Waals surface area contributed by atoms with Gasteiger partial charge >= 0.3 is 0 Å². The summed E-state index contributed by atoms with van der Waals surface area (Å²) in [7, 11) is -2.86. The number of nitrogen functional groups attached to an aromatic ring is 1. The van der Waals surface area contributed by atoms with E-state index in [0.717, 1.165) is 37.3 Å². The molecule has 1 heterocycles. The Hall–Kier alpha value is -1.23. The van der Waals surface area contributed by atoms with Crippen LogP contribution in [0, 0.1) is 5.92 Å². The van der Waals surface area contributed by atoms with Gasteiger partial charge in [-0.25, -0.2) is 8.42 Å². The molecule has 0 aromatic heterocycles. The van der Waals surface area contributed by atoms with Crippen LogP contribution >= 0.6 is 0 Å². The lowest BCUT2D eigenvalue weighted by Crippen LogP contribution is -2.36. The fourth-order valence-corrected chi connectivity index (χ4v) is 3.73. The second-order valence-electron chi connectivity index (χ2n) is 5.08. The lowest BCUT2D eigenvalue weighted by molar-refractivity contribution is 0.437. The molecule has 1 saturated heterocycles. The molecule has 1 fully saturated rings. The summed E-state index contributed by atoms with van der Waals surface area (Å²) >= 11 is 0. The van der Waals surface area contributed by atoms with Crippen LogP contribution < -0.4 is 10.6 Å². The van der Waals surface area contributed by atoms with Crippen molar-refractivity contribution < 1.29 is 8.42 Å². The molecule has 100 valence electrons. The van der Waals surface area contributed by atoms with Gasteiger partial charge in [-0.1, -0.05) is 12.1 Å². The summed E-state index contributed by atoms with van der Waals surface area (Å²) in [5, 5.41) is 0. The lowest BCUT2D eigenvalue weighted by Gasteiger charge is -2.34. The third kappa shape index (κ3) is 3.38. The van der Waals surface area contributed by atoms with E-state index < -0.39 is 9.84 Å². The Morgan fingerprint density at radius 2 is 1.89 bits per heavy atom. The van der Waals surface area contributed by atoms with Crippen molar-refractivity contribution in [1.82, 2.24) is 0 Å². The highest BCUT2D eigenvalue weighted by atomic mass is 32.2. The number of nitrogens with two attached hydrogens (primary N) is 1. The number of hydrogen-bond donors (Lipinski definition) is 1. The SMILES string of the molecule is CS(=O)(=O)CC1CCN(c2ccccc2N)CC1. The first kappa shape index (κ1) is 13.2. The van der Waals surface area contributed by atoms with Crippen molar-refractivity contribution in [2.24, 2.45) is 5.92 Å². The molecule has 0 bridgehead atoms. The second-order valence-corrected chi connectivity index (χ2v) is 7.27. The highest BCUT2D eigenvalue weighted by Crippen LogP contribution is 2.28. The molecule has 18 heavy (non-hydrogen) atoms. The molecule has 0 radical (unpaired) electrons. The smallest absolute Gasteiger partial charge is 0.147 e. The Kier molecular flexibility index (Phi) is 3.80. The van der Waals surface area contributed by atoms with Gasteiger partial charge in [-0.2, -0.15) is 0 Å². The van der Waals surface area contributed by atoms with Gasteiger partial charge in [0.1, 0.15) is 9.84 Å². The average molecular weight is 268 g/mol. The zero-order valence-electron chi connectivity index (χ0n) is 10.7. The van der Waals surface area contributed by atoms with E-state index in [-0.39, 0.29) is 0 Å². The highest BCUT2D eigenvalue weighted by molar-refractivity contribution is 7.90. The van der Waals surface area contributed by atoms with Crippen molar-refractivity contribution >= 4 is 21.2 Å². The summed E-state index contributed by atoms with van der Waals surface area (Å²) < 4.78 is 22.5. The molecule has 1 aliphatic heterocycles. The van der Waals surface area contributed by atoms with E-state index in [2.05, 4.69) is 4.90 Å². The average Bonchev–Trinajstić information content (AvgIpc) is 2.29. The van der Waals surface area contributed by atoms with Crippen molar-refractivity contribution in [2.75, 3.05) is 35.7 Å². The Labute approximate surface area is 109 Å². The van der Waals surface area contributed by atoms with Crippen LogP contribution in [0.4, 0.5) is 11.4 Å². The number of rotatable bonds is 3. The first-order valence-electron chi connectivity index (χ1n) is 6.23. The van der Waals surface area contributed by atoms with Crippen molar-refractivity contribution in [3.05, 3.63) is 24.3 Å². The first-order chi connectivity index (χ1) is 8.46. The summed E-state index contributed by atoms with van der Waals surface area (Å²) in [5.41, 5.74) is 7.81. The van der Waals surface area contributed by atoms with Gasteiger partial charge in [-0.15, -0.1) is 0 Å². The zero-order chi connectivity index (χ0) is 13.2. The molecule has 1 aromatic carbocycles. The third-order valence-electron chi connectivity index (χ3n) is 3.43. The molecule has 2 rings (SSSR count). The molecule has 0 amide bonds. The molecule has 2 N–H and O–H groups in total. The summed E-state index contributed by atoms with van der Waals surface area (Å²) in [6.07, 6.45) is 3.15. The maximum Gasteiger partial charge on any atom is 0.147 e. The zero-order valence-corrected chi connectivity index (χ0v) is 11.5. The minimum atomic E-state index is -2.86.